The number of benzene rings is 1. The molecule has 174 valence electrons. The average molecular weight is 468 g/mol. The van der Waals surface area contributed by atoms with E-state index in [2.05, 4.69) is 27.2 Å². The molecule has 0 saturated carbocycles. The van der Waals surface area contributed by atoms with Crippen LogP contribution in [-0.2, 0) is 10.4 Å². The highest BCUT2D eigenvalue weighted by Gasteiger charge is 2.27. The number of aliphatic hydroxyl groups is 1. The van der Waals surface area contributed by atoms with E-state index in [0.717, 1.165) is 53.6 Å². The first-order valence-corrected chi connectivity index (χ1v) is 11.7. The smallest absolute Gasteiger partial charge is 0.219 e. The Kier molecular flexibility index (Phi) is 6.54. The van der Waals surface area contributed by atoms with Gasteiger partial charge in [-0.15, -0.1) is 0 Å². The first-order chi connectivity index (χ1) is 15.6. The summed E-state index contributed by atoms with van der Waals surface area (Å²) in [7, 11) is 0. The molecule has 2 N–H and O–H groups in total. The molecule has 1 amide bonds. The maximum atomic E-state index is 11.9. The zero-order chi connectivity index (χ0) is 23.8. The lowest BCUT2D eigenvalue weighted by Crippen LogP contribution is -2.43. The second-order valence-corrected chi connectivity index (χ2v) is 9.77. The first kappa shape index (κ1) is 23.4. The van der Waals surface area contributed by atoms with Crippen LogP contribution in [0.25, 0.3) is 22.0 Å². The third-order valence-corrected chi connectivity index (χ3v) is 6.62. The van der Waals surface area contributed by atoms with Crippen molar-refractivity contribution in [2.45, 2.75) is 52.2 Å². The predicted octanol–water partition coefficient (Wildman–Crippen LogP) is 4.63. The molecule has 1 aliphatic heterocycles. The minimum absolute atomic E-state index is 0.127. The molecule has 8 heteroatoms. The van der Waals surface area contributed by atoms with Crippen molar-refractivity contribution in [1.29, 1.82) is 0 Å². The fraction of sp³-hybridized carbons (Fsp3) is 0.440. The Morgan fingerprint density at radius 3 is 2.61 bits per heavy atom. The summed E-state index contributed by atoms with van der Waals surface area (Å²) in [5.41, 5.74) is 2.35. The van der Waals surface area contributed by atoms with Gasteiger partial charge in [0.1, 0.15) is 5.60 Å². The van der Waals surface area contributed by atoms with Crippen LogP contribution >= 0.6 is 11.6 Å². The highest BCUT2D eigenvalue weighted by Crippen LogP contribution is 2.34. The number of carbonyl (C=O) groups excluding carboxylic acids is 1. The van der Waals surface area contributed by atoms with Crippen LogP contribution in [0.2, 0.25) is 5.02 Å². The molecule has 33 heavy (non-hydrogen) atoms. The molecule has 0 radical (unpaired) electrons. The number of nitrogens with one attached hydrogen (secondary N) is 1. The topological polar surface area (TPSA) is 91.2 Å². The van der Waals surface area contributed by atoms with Gasteiger partial charge >= 0.3 is 0 Å². The third kappa shape index (κ3) is 5.09. The summed E-state index contributed by atoms with van der Waals surface area (Å²) in [6, 6.07) is 6.10. The molecule has 1 saturated heterocycles. The van der Waals surface area contributed by atoms with Crippen molar-refractivity contribution >= 4 is 34.1 Å². The van der Waals surface area contributed by atoms with Crippen molar-refractivity contribution in [2.24, 2.45) is 5.92 Å². The van der Waals surface area contributed by atoms with E-state index < -0.39 is 5.60 Å². The van der Waals surface area contributed by atoms with Crippen LogP contribution in [0, 0.1) is 5.92 Å². The number of pyridine rings is 1. The second-order valence-electron chi connectivity index (χ2n) is 9.37. The lowest BCUT2D eigenvalue weighted by atomic mass is 9.91. The number of likely N-dealkylation sites (tertiary alicyclic amines) is 1. The van der Waals surface area contributed by atoms with Gasteiger partial charge in [-0.2, -0.15) is 0 Å². The van der Waals surface area contributed by atoms with Crippen LogP contribution in [0.1, 0.15) is 46.4 Å². The van der Waals surface area contributed by atoms with Crippen LogP contribution in [0.3, 0.4) is 0 Å². The summed E-state index contributed by atoms with van der Waals surface area (Å²) >= 11 is 6.59. The lowest BCUT2D eigenvalue weighted by molar-refractivity contribution is -0.130. The van der Waals surface area contributed by atoms with Gasteiger partial charge in [-0.3, -0.25) is 9.78 Å². The van der Waals surface area contributed by atoms with Crippen molar-refractivity contribution in [2.75, 3.05) is 18.4 Å². The van der Waals surface area contributed by atoms with Gasteiger partial charge in [-0.05, 0) is 57.2 Å². The molecule has 1 aromatic carbocycles. The summed E-state index contributed by atoms with van der Waals surface area (Å²) < 4.78 is 0. The highest BCUT2D eigenvalue weighted by molar-refractivity contribution is 6.34. The van der Waals surface area contributed by atoms with Crippen molar-refractivity contribution in [3.63, 3.8) is 0 Å². The standard InChI is InChI=1S/C25H30ClN5O2/c1-15(18-6-5-9-31(14-18)16(2)32)30-23-20-10-17(7-8-22(20)27-13-21(23)26)19-11-28-24(29-12-19)25(3,4)33/h7-8,10-13,15,18,33H,5-6,9,14H2,1-4H3,(H,27,30)/t15?,18-/m0/s1. The number of anilines is 1. The lowest BCUT2D eigenvalue weighted by Gasteiger charge is -2.36. The molecule has 0 spiro atoms. The monoisotopic (exact) mass is 467 g/mol. The molecule has 2 aromatic heterocycles. The summed E-state index contributed by atoms with van der Waals surface area (Å²) in [6.07, 6.45) is 7.17. The van der Waals surface area contributed by atoms with E-state index in [1.807, 2.05) is 23.1 Å². The Hall–Kier alpha value is -2.77. The highest BCUT2D eigenvalue weighted by atomic mass is 35.5. The van der Waals surface area contributed by atoms with E-state index in [4.69, 9.17) is 11.6 Å². The number of piperidine rings is 1. The Bertz CT molecular complexity index is 1160. The summed E-state index contributed by atoms with van der Waals surface area (Å²) in [6.45, 7) is 8.67. The minimum Gasteiger partial charge on any atom is -0.382 e. The largest absolute Gasteiger partial charge is 0.382 e. The van der Waals surface area contributed by atoms with Crippen LogP contribution in [0.5, 0.6) is 0 Å². The SMILES string of the molecule is CC(=O)N1CCC[C@H](C(C)Nc2c(Cl)cnc3ccc(-c4cnc(C(C)(C)O)nc4)cc23)C1. The molecule has 3 heterocycles. The molecule has 0 aliphatic carbocycles. The van der Waals surface area contributed by atoms with Gasteiger partial charge in [0, 0.05) is 55.6 Å². The number of fused-ring (bicyclic) bond motifs is 1. The summed E-state index contributed by atoms with van der Waals surface area (Å²) in [4.78, 5) is 26.9. The minimum atomic E-state index is -1.09. The Morgan fingerprint density at radius 1 is 1.21 bits per heavy atom. The van der Waals surface area contributed by atoms with Gasteiger partial charge in [-0.25, -0.2) is 9.97 Å². The number of amides is 1. The predicted molar refractivity (Wildman–Crippen MR) is 131 cm³/mol. The van der Waals surface area contributed by atoms with Gasteiger partial charge < -0.3 is 15.3 Å². The third-order valence-electron chi connectivity index (χ3n) is 6.34. The van der Waals surface area contributed by atoms with E-state index in [9.17, 15) is 9.90 Å². The maximum Gasteiger partial charge on any atom is 0.219 e. The van der Waals surface area contributed by atoms with Gasteiger partial charge in [0.2, 0.25) is 5.91 Å². The fourth-order valence-electron chi connectivity index (χ4n) is 4.34. The zero-order valence-electron chi connectivity index (χ0n) is 19.5. The molecule has 0 bridgehead atoms. The summed E-state index contributed by atoms with van der Waals surface area (Å²) in [5.74, 6) is 0.842. The number of rotatable bonds is 5. The number of halogens is 1. The van der Waals surface area contributed by atoms with Gasteiger partial charge in [0.25, 0.3) is 0 Å². The van der Waals surface area contributed by atoms with Crippen molar-refractivity contribution in [1.82, 2.24) is 19.9 Å². The quantitative estimate of drug-likeness (QED) is 0.568. The molecule has 2 atom stereocenters. The summed E-state index contributed by atoms with van der Waals surface area (Å²) in [5, 5.41) is 15.2. The zero-order valence-corrected chi connectivity index (χ0v) is 20.2. The molecule has 1 aliphatic rings. The van der Waals surface area contributed by atoms with E-state index in [0.29, 0.717) is 16.8 Å². The molecule has 3 aromatic rings. The number of aromatic nitrogens is 3. The fourth-order valence-corrected chi connectivity index (χ4v) is 4.54. The van der Waals surface area contributed by atoms with E-state index >= 15 is 0 Å². The Balaban J connectivity index is 1.64. The average Bonchev–Trinajstić information content (AvgIpc) is 2.80. The maximum absolute atomic E-state index is 11.9. The van der Waals surface area contributed by atoms with E-state index in [-0.39, 0.29) is 11.9 Å². The van der Waals surface area contributed by atoms with E-state index in [1.54, 1.807) is 39.4 Å². The van der Waals surface area contributed by atoms with Gasteiger partial charge in [0.15, 0.2) is 5.82 Å². The molecular formula is C25H30ClN5O2. The normalized spacial score (nSPS) is 17.8. The van der Waals surface area contributed by atoms with E-state index in [1.165, 1.54) is 0 Å². The van der Waals surface area contributed by atoms with Crippen LogP contribution in [0.4, 0.5) is 5.69 Å². The number of hydrogen-bond donors (Lipinski definition) is 2. The van der Waals surface area contributed by atoms with Crippen LogP contribution in [0.15, 0.2) is 36.8 Å². The molecule has 7 nitrogen and oxygen atoms in total. The van der Waals surface area contributed by atoms with Crippen LogP contribution in [-0.4, -0.2) is 50.0 Å². The Labute approximate surface area is 199 Å². The van der Waals surface area contributed by atoms with Gasteiger partial charge in [0.05, 0.1) is 16.2 Å². The Morgan fingerprint density at radius 2 is 1.94 bits per heavy atom. The number of nitrogens with zero attached hydrogens (tertiary/aromatic N) is 4. The van der Waals surface area contributed by atoms with Crippen molar-refractivity contribution in [3.05, 3.63) is 47.6 Å². The molecule has 1 unspecified atom stereocenters. The van der Waals surface area contributed by atoms with Gasteiger partial charge in [-0.1, -0.05) is 17.7 Å². The number of carbonyl (C=O) groups is 1. The van der Waals surface area contributed by atoms with Crippen molar-refractivity contribution < 1.29 is 9.90 Å². The molecule has 1 fully saturated rings. The second kappa shape index (κ2) is 9.23. The first-order valence-electron chi connectivity index (χ1n) is 11.3. The molecule has 4 rings (SSSR count). The van der Waals surface area contributed by atoms with Crippen LogP contribution < -0.4 is 5.32 Å². The number of hydrogen-bond acceptors (Lipinski definition) is 6. The molecular weight excluding hydrogens is 438 g/mol. The van der Waals surface area contributed by atoms with Crippen molar-refractivity contribution in [3.8, 4) is 11.1 Å².